The Balaban J connectivity index is 1.31. The predicted octanol–water partition coefficient (Wildman–Crippen LogP) is 4.44. The van der Waals surface area contributed by atoms with Crippen LogP contribution in [0.2, 0.25) is 0 Å². The smallest absolute Gasteiger partial charge is 0.237 e. The van der Waals surface area contributed by atoms with Crippen molar-refractivity contribution in [1.29, 1.82) is 0 Å². The van der Waals surface area contributed by atoms with Gasteiger partial charge in [0.05, 0.1) is 13.2 Å². The molecule has 29 heavy (non-hydrogen) atoms. The lowest BCUT2D eigenvalue weighted by molar-refractivity contribution is -0.126. The molecule has 2 fully saturated rings. The van der Waals surface area contributed by atoms with Gasteiger partial charge >= 0.3 is 0 Å². The van der Waals surface area contributed by atoms with E-state index in [1.54, 1.807) is 7.11 Å². The number of aromatic nitrogens is 1. The maximum Gasteiger partial charge on any atom is 0.237 e. The van der Waals surface area contributed by atoms with Crippen molar-refractivity contribution >= 4 is 16.8 Å². The molecule has 2 N–H and O–H groups in total. The second-order valence-corrected chi connectivity index (χ2v) is 8.89. The number of fused-ring (bicyclic) bond motifs is 1. The molecule has 1 aromatic heterocycles. The zero-order valence-corrected chi connectivity index (χ0v) is 17.9. The van der Waals surface area contributed by atoms with Gasteiger partial charge in [0.15, 0.2) is 0 Å². The maximum absolute atomic E-state index is 12.7. The molecule has 0 radical (unpaired) electrons. The summed E-state index contributed by atoms with van der Waals surface area (Å²) in [5.41, 5.74) is 2.55. The van der Waals surface area contributed by atoms with Crippen molar-refractivity contribution in [3.8, 4) is 5.75 Å². The monoisotopic (exact) mass is 397 g/mol. The van der Waals surface area contributed by atoms with E-state index in [-0.39, 0.29) is 11.9 Å². The van der Waals surface area contributed by atoms with E-state index < -0.39 is 0 Å². The first-order valence-electron chi connectivity index (χ1n) is 11.3. The molecule has 5 nitrogen and oxygen atoms in total. The molecule has 5 heteroatoms. The third kappa shape index (κ3) is 4.61. The zero-order valence-electron chi connectivity index (χ0n) is 17.9. The van der Waals surface area contributed by atoms with Crippen molar-refractivity contribution in [2.45, 2.75) is 63.8 Å². The van der Waals surface area contributed by atoms with Crippen LogP contribution < -0.4 is 10.1 Å². The van der Waals surface area contributed by atoms with Crippen LogP contribution in [0.25, 0.3) is 10.9 Å². The second kappa shape index (κ2) is 9.21. The number of methoxy groups -OCH3 is 1. The van der Waals surface area contributed by atoms with E-state index in [4.69, 9.17) is 4.74 Å². The maximum atomic E-state index is 12.7. The number of nitrogens with one attached hydrogen (secondary N) is 2. The van der Waals surface area contributed by atoms with E-state index in [1.807, 2.05) is 6.07 Å². The molecule has 1 aliphatic heterocycles. The van der Waals surface area contributed by atoms with Crippen molar-refractivity contribution in [1.82, 2.24) is 15.2 Å². The van der Waals surface area contributed by atoms with E-state index >= 15 is 0 Å². The van der Waals surface area contributed by atoms with Crippen LogP contribution in [0.1, 0.15) is 63.4 Å². The number of likely N-dealkylation sites (tertiary alicyclic amines) is 1. The molecule has 0 bridgehead atoms. The van der Waals surface area contributed by atoms with Crippen LogP contribution in [0.15, 0.2) is 24.4 Å². The Morgan fingerprint density at radius 2 is 1.97 bits per heavy atom. The van der Waals surface area contributed by atoms with Crippen molar-refractivity contribution < 1.29 is 9.53 Å². The minimum absolute atomic E-state index is 0.0393. The van der Waals surface area contributed by atoms with Gasteiger partial charge in [-0.15, -0.1) is 0 Å². The largest absolute Gasteiger partial charge is 0.497 e. The Morgan fingerprint density at radius 1 is 1.21 bits per heavy atom. The summed E-state index contributed by atoms with van der Waals surface area (Å²) < 4.78 is 5.41. The average Bonchev–Trinajstić information content (AvgIpc) is 3.21. The fraction of sp³-hybridized carbons (Fsp3) is 0.625. The number of aromatic amines is 1. The van der Waals surface area contributed by atoms with Crippen LogP contribution in [0.3, 0.4) is 0 Å². The van der Waals surface area contributed by atoms with Gasteiger partial charge < -0.3 is 15.0 Å². The molecule has 1 saturated carbocycles. The summed E-state index contributed by atoms with van der Waals surface area (Å²) >= 11 is 0. The highest BCUT2D eigenvalue weighted by molar-refractivity contribution is 5.85. The number of carbonyl (C=O) groups is 1. The highest BCUT2D eigenvalue weighted by atomic mass is 16.5. The molecule has 2 heterocycles. The molecule has 4 rings (SSSR count). The molecule has 2 aliphatic rings. The number of nitrogens with zero attached hydrogens (tertiary/aromatic N) is 1. The fourth-order valence-electron chi connectivity index (χ4n) is 5.13. The third-order valence-corrected chi connectivity index (χ3v) is 7.11. The number of hydrogen-bond acceptors (Lipinski definition) is 3. The van der Waals surface area contributed by atoms with Gasteiger partial charge in [-0.05, 0) is 81.3 Å². The molecule has 1 atom stereocenters. The molecule has 2 aromatic rings. The summed E-state index contributed by atoms with van der Waals surface area (Å²) in [5, 5.41) is 4.49. The summed E-state index contributed by atoms with van der Waals surface area (Å²) in [6.07, 6.45) is 10.9. The van der Waals surface area contributed by atoms with Gasteiger partial charge in [-0.2, -0.15) is 0 Å². The molecule has 1 amide bonds. The van der Waals surface area contributed by atoms with E-state index in [0.29, 0.717) is 11.8 Å². The van der Waals surface area contributed by atoms with E-state index in [1.165, 1.54) is 48.6 Å². The summed E-state index contributed by atoms with van der Waals surface area (Å²) in [6.45, 7) is 4.86. The van der Waals surface area contributed by atoms with Gasteiger partial charge in [0, 0.05) is 23.6 Å². The molecule has 1 saturated heterocycles. The highest BCUT2D eigenvalue weighted by Gasteiger charge is 2.28. The Kier molecular flexibility index (Phi) is 6.43. The Morgan fingerprint density at radius 3 is 2.69 bits per heavy atom. The second-order valence-electron chi connectivity index (χ2n) is 8.89. The third-order valence-electron chi connectivity index (χ3n) is 7.11. The first kappa shape index (κ1) is 20.3. The van der Waals surface area contributed by atoms with Gasteiger partial charge in [0.1, 0.15) is 5.75 Å². The lowest BCUT2D eigenvalue weighted by atomic mass is 9.88. The summed E-state index contributed by atoms with van der Waals surface area (Å²) in [6, 6.07) is 6.18. The van der Waals surface area contributed by atoms with Gasteiger partial charge in [0.25, 0.3) is 0 Å². The lowest BCUT2D eigenvalue weighted by Crippen LogP contribution is -2.48. The summed E-state index contributed by atoms with van der Waals surface area (Å²) in [5.74, 6) is 2.32. The van der Waals surface area contributed by atoms with Crippen LogP contribution in [0, 0.1) is 5.92 Å². The minimum atomic E-state index is -0.0393. The van der Waals surface area contributed by atoms with Crippen LogP contribution >= 0.6 is 0 Å². The zero-order chi connectivity index (χ0) is 20.2. The predicted molar refractivity (Wildman–Crippen MR) is 117 cm³/mol. The number of benzene rings is 1. The molecule has 0 spiro atoms. The number of H-pyrrole nitrogens is 1. The number of rotatable bonds is 6. The number of amides is 1. The van der Waals surface area contributed by atoms with Crippen molar-refractivity contribution in [2.75, 3.05) is 26.7 Å². The Bertz CT molecular complexity index is 817. The summed E-state index contributed by atoms with van der Waals surface area (Å²) in [4.78, 5) is 18.4. The number of hydrogen-bond donors (Lipinski definition) is 2. The highest BCUT2D eigenvalue weighted by Crippen LogP contribution is 2.35. The van der Waals surface area contributed by atoms with Crippen molar-refractivity contribution in [2.24, 2.45) is 5.92 Å². The first-order chi connectivity index (χ1) is 14.2. The average molecular weight is 398 g/mol. The quantitative estimate of drug-likeness (QED) is 0.758. The van der Waals surface area contributed by atoms with Crippen LogP contribution in [0.4, 0.5) is 0 Å². The van der Waals surface area contributed by atoms with Gasteiger partial charge in [-0.1, -0.05) is 19.3 Å². The van der Waals surface area contributed by atoms with Crippen LogP contribution in [-0.4, -0.2) is 48.6 Å². The van der Waals surface area contributed by atoms with Gasteiger partial charge in [-0.25, -0.2) is 0 Å². The number of carbonyl (C=O) groups excluding carboxylic acids is 1. The Hall–Kier alpha value is -2.01. The topological polar surface area (TPSA) is 57.4 Å². The van der Waals surface area contributed by atoms with Gasteiger partial charge in [-0.3, -0.25) is 9.69 Å². The van der Waals surface area contributed by atoms with E-state index in [0.717, 1.165) is 38.2 Å². The standard InChI is InChI=1S/C24H35N3O2/c1-17(24(28)26-15-18-6-4-3-5-7-18)27-12-10-19(11-13-27)22-16-25-23-9-8-20(29-2)14-21(22)23/h8-9,14,16-19,25H,3-7,10-13,15H2,1-2H3,(H,26,28). The molecule has 158 valence electrons. The molecular weight excluding hydrogens is 362 g/mol. The molecule has 1 aromatic carbocycles. The summed E-state index contributed by atoms with van der Waals surface area (Å²) in [7, 11) is 1.71. The van der Waals surface area contributed by atoms with Gasteiger partial charge in [0.2, 0.25) is 5.91 Å². The molecule has 1 aliphatic carbocycles. The SMILES string of the molecule is COc1ccc2[nH]cc(C3CCN(C(C)C(=O)NCC4CCCCC4)CC3)c2c1. The Labute approximate surface area is 174 Å². The first-order valence-corrected chi connectivity index (χ1v) is 11.3. The van der Waals surface area contributed by atoms with E-state index in [9.17, 15) is 4.79 Å². The lowest BCUT2D eigenvalue weighted by Gasteiger charge is -2.35. The van der Waals surface area contributed by atoms with Crippen LogP contribution in [-0.2, 0) is 4.79 Å². The van der Waals surface area contributed by atoms with Crippen molar-refractivity contribution in [3.05, 3.63) is 30.0 Å². The number of ether oxygens (including phenoxy) is 1. The van der Waals surface area contributed by atoms with E-state index in [2.05, 4.69) is 40.5 Å². The normalized spacial score (nSPS) is 20.6. The molecular formula is C24H35N3O2. The van der Waals surface area contributed by atoms with Crippen molar-refractivity contribution in [3.63, 3.8) is 0 Å². The number of piperidine rings is 1. The fourth-order valence-corrected chi connectivity index (χ4v) is 5.13. The van der Waals surface area contributed by atoms with Crippen LogP contribution in [0.5, 0.6) is 5.75 Å². The minimum Gasteiger partial charge on any atom is -0.497 e. The molecule has 1 unspecified atom stereocenters.